The Hall–Kier alpha value is -0.650. The zero-order chi connectivity index (χ0) is 12.5. The monoisotopic (exact) mass is 241 g/mol. The molecule has 0 aromatic carbocycles. The average molecular weight is 241 g/mol. The highest BCUT2D eigenvalue weighted by Crippen LogP contribution is 2.29. The molecule has 98 valence electrons. The van der Waals surface area contributed by atoms with Gasteiger partial charge in [-0.25, -0.2) is 0 Å². The maximum Gasteiger partial charge on any atom is 0.242 e. The summed E-state index contributed by atoms with van der Waals surface area (Å²) in [6, 6.07) is -0.191. The Morgan fingerprint density at radius 2 is 2.41 bits per heavy atom. The molecule has 0 aromatic heterocycles. The van der Waals surface area contributed by atoms with Crippen molar-refractivity contribution < 1.29 is 9.53 Å². The molecule has 0 bridgehead atoms. The summed E-state index contributed by atoms with van der Waals surface area (Å²) in [6.45, 7) is 7.77. The number of ether oxygens (including phenoxy) is 1. The quantitative estimate of drug-likeness (QED) is 0.688. The number of nitrogens with zero attached hydrogens (tertiary/aromatic N) is 1. The first-order valence-corrected chi connectivity index (χ1v) is 6.40. The number of nitrogens with one attached hydrogen (secondary N) is 1. The van der Waals surface area contributed by atoms with Crippen molar-refractivity contribution in [2.45, 2.75) is 32.4 Å². The molecule has 17 heavy (non-hydrogen) atoms. The lowest BCUT2D eigenvalue weighted by Crippen LogP contribution is -2.56. The van der Waals surface area contributed by atoms with Gasteiger partial charge in [-0.15, -0.1) is 0 Å². The maximum atomic E-state index is 12.4. The van der Waals surface area contributed by atoms with Crippen LogP contribution in [-0.2, 0) is 9.53 Å². The lowest BCUT2D eigenvalue weighted by atomic mass is 9.90. The number of likely N-dealkylation sites (tertiary alicyclic amines) is 1. The van der Waals surface area contributed by atoms with Gasteiger partial charge in [0, 0.05) is 19.6 Å². The molecule has 2 aliphatic rings. The summed E-state index contributed by atoms with van der Waals surface area (Å²) in [5, 5.41) is 3.24. The van der Waals surface area contributed by atoms with E-state index in [1.165, 1.54) is 0 Å². The first kappa shape index (κ1) is 12.8. The van der Waals surface area contributed by atoms with E-state index < -0.39 is 0 Å². The van der Waals surface area contributed by atoms with Gasteiger partial charge in [0.1, 0.15) is 6.04 Å². The van der Waals surface area contributed by atoms with Crippen molar-refractivity contribution in [3.05, 3.63) is 0 Å². The predicted molar refractivity (Wildman–Crippen MR) is 65.6 cm³/mol. The standard InChI is InChI=1S/C12H23N3O2/c1-9-10(14-4-6-17-9)11(16)15-5-3-12(2,7-13)8-15/h9-10,14H,3-8,13H2,1-2H3/t9-,10+,12?/m1/s1. The third kappa shape index (κ3) is 2.61. The fourth-order valence-corrected chi connectivity index (χ4v) is 2.58. The third-order valence-corrected chi connectivity index (χ3v) is 3.94. The topological polar surface area (TPSA) is 67.6 Å². The van der Waals surface area contributed by atoms with Crippen LogP contribution in [0, 0.1) is 5.41 Å². The minimum Gasteiger partial charge on any atom is -0.375 e. The second-order valence-electron chi connectivity index (χ2n) is 5.53. The van der Waals surface area contributed by atoms with Gasteiger partial charge in [-0.2, -0.15) is 0 Å². The number of hydrogen-bond donors (Lipinski definition) is 2. The molecule has 1 unspecified atom stereocenters. The van der Waals surface area contributed by atoms with Crippen LogP contribution in [0.15, 0.2) is 0 Å². The van der Waals surface area contributed by atoms with Crippen LogP contribution in [0.25, 0.3) is 0 Å². The Labute approximate surface area is 103 Å². The summed E-state index contributed by atoms with van der Waals surface area (Å²) in [5.41, 5.74) is 5.85. The van der Waals surface area contributed by atoms with Crippen LogP contribution in [0.1, 0.15) is 20.3 Å². The third-order valence-electron chi connectivity index (χ3n) is 3.94. The molecule has 2 heterocycles. The van der Waals surface area contributed by atoms with Crippen LogP contribution in [0.2, 0.25) is 0 Å². The van der Waals surface area contributed by atoms with E-state index in [1.54, 1.807) is 0 Å². The molecular weight excluding hydrogens is 218 g/mol. The van der Waals surface area contributed by atoms with Gasteiger partial charge in [0.25, 0.3) is 0 Å². The summed E-state index contributed by atoms with van der Waals surface area (Å²) in [7, 11) is 0. The minimum atomic E-state index is -0.191. The summed E-state index contributed by atoms with van der Waals surface area (Å²) in [5.74, 6) is 0.161. The van der Waals surface area contributed by atoms with E-state index in [0.717, 1.165) is 26.1 Å². The summed E-state index contributed by atoms with van der Waals surface area (Å²) in [4.78, 5) is 14.3. The van der Waals surface area contributed by atoms with Crippen LogP contribution >= 0.6 is 0 Å². The van der Waals surface area contributed by atoms with E-state index in [4.69, 9.17) is 10.5 Å². The Morgan fingerprint density at radius 3 is 3.00 bits per heavy atom. The van der Waals surface area contributed by atoms with E-state index in [0.29, 0.717) is 13.2 Å². The van der Waals surface area contributed by atoms with Gasteiger partial charge in [0.2, 0.25) is 5.91 Å². The highest BCUT2D eigenvalue weighted by molar-refractivity contribution is 5.83. The van der Waals surface area contributed by atoms with E-state index in [2.05, 4.69) is 12.2 Å². The van der Waals surface area contributed by atoms with E-state index in [1.807, 2.05) is 11.8 Å². The van der Waals surface area contributed by atoms with Crippen LogP contribution < -0.4 is 11.1 Å². The molecule has 5 heteroatoms. The first-order chi connectivity index (χ1) is 8.06. The van der Waals surface area contributed by atoms with E-state index in [-0.39, 0.29) is 23.5 Å². The van der Waals surface area contributed by atoms with Crippen molar-refractivity contribution in [2.24, 2.45) is 11.1 Å². The molecule has 2 saturated heterocycles. The van der Waals surface area contributed by atoms with Gasteiger partial charge in [-0.05, 0) is 25.3 Å². The number of nitrogens with two attached hydrogens (primary N) is 1. The van der Waals surface area contributed by atoms with E-state index >= 15 is 0 Å². The van der Waals surface area contributed by atoms with Gasteiger partial charge in [0.15, 0.2) is 0 Å². The number of morpholine rings is 1. The SMILES string of the molecule is C[C@H]1OCCN[C@@H]1C(=O)N1CCC(C)(CN)C1. The molecule has 1 amide bonds. The second kappa shape index (κ2) is 4.92. The van der Waals surface area contributed by atoms with Gasteiger partial charge in [0.05, 0.1) is 12.7 Å². The molecule has 2 rings (SSSR count). The van der Waals surface area contributed by atoms with Crippen LogP contribution in [0.4, 0.5) is 0 Å². The van der Waals surface area contributed by atoms with Crippen molar-refractivity contribution >= 4 is 5.91 Å². The minimum absolute atomic E-state index is 0.0408. The second-order valence-corrected chi connectivity index (χ2v) is 5.53. The van der Waals surface area contributed by atoms with Crippen molar-refractivity contribution in [1.29, 1.82) is 0 Å². The molecule has 3 N–H and O–H groups in total. The predicted octanol–water partition coefficient (Wildman–Crippen LogP) is -0.439. The van der Waals surface area contributed by atoms with Crippen molar-refractivity contribution in [3.63, 3.8) is 0 Å². The normalized spacial score (nSPS) is 38.4. The van der Waals surface area contributed by atoms with Crippen molar-refractivity contribution in [3.8, 4) is 0 Å². The summed E-state index contributed by atoms with van der Waals surface area (Å²) >= 11 is 0. The van der Waals surface area contributed by atoms with Gasteiger partial charge in [-0.3, -0.25) is 4.79 Å². The maximum absolute atomic E-state index is 12.4. The fraction of sp³-hybridized carbons (Fsp3) is 0.917. The lowest BCUT2D eigenvalue weighted by Gasteiger charge is -2.33. The summed E-state index contributed by atoms with van der Waals surface area (Å²) in [6.07, 6.45) is 0.956. The molecule has 5 nitrogen and oxygen atoms in total. The molecule has 2 aliphatic heterocycles. The van der Waals surface area contributed by atoms with Crippen LogP contribution in [0.3, 0.4) is 0 Å². The molecule has 2 fully saturated rings. The highest BCUT2D eigenvalue weighted by atomic mass is 16.5. The van der Waals surface area contributed by atoms with Gasteiger partial charge < -0.3 is 20.7 Å². The lowest BCUT2D eigenvalue weighted by molar-refractivity contribution is -0.138. The zero-order valence-corrected chi connectivity index (χ0v) is 10.7. The van der Waals surface area contributed by atoms with E-state index in [9.17, 15) is 4.79 Å². The molecule has 0 spiro atoms. The average Bonchev–Trinajstić information content (AvgIpc) is 2.73. The van der Waals surface area contributed by atoms with Gasteiger partial charge in [-0.1, -0.05) is 6.92 Å². The Balaban J connectivity index is 1.96. The Kier molecular flexibility index (Phi) is 3.70. The van der Waals surface area contributed by atoms with Gasteiger partial charge >= 0.3 is 0 Å². The molecule has 0 aliphatic carbocycles. The highest BCUT2D eigenvalue weighted by Gasteiger charge is 2.39. The smallest absolute Gasteiger partial charge is 0.242 e. The number of carbonyl (C=O) groups excluding carboxylic acids is 1. The number of amides is 1. The zero-order valence-electron chi connectivity index (χ0n) is 10.7. The number of rotatable bonds is 2. The number of hydrogen-bond acceptors (Lipinski definition) is 4. The molecule has 0 saturated carbocycles. The summed E-state index contributed by atoms with van der Waals surface area (Å²) < 4.78 is 5.51. The van der Waals surface area contributed by atoms with Crippen molar-refractivity contribution in [2.75, 3.05) is 32.8 Å². The molecule has 3 atom stereocenters. The number of carbonyl (C=O) groups is 1. The van der Waals surface area contributed by atoms with Crippen LogP contribution in [-0.4, -0.2) is 55.7 Å². The molecular formula is C12H23N3O2. The molecule has 0 radical (unpaired) electrons. The fourth-order valence-electron chi connectivity index (χ4n) is 2.58. The first-order valence-electron chi connectivity index (χ1n) is 6.40. The van der Waals surface area contributed by atoms with Crippen molar-refractivity contribution in [1.82, 2.24) is 10.2 Å². The van der Waals surface area contributed by atoms with Crippen LogP contribution in [0.5, 0.6) is 0 Å². The largest absolute Gasteiger partial charge is 0.375 e. The molecule has 0 aromatic rings. The Bertz CT molecular complexity index is 297. The Morgan fingerprint density at radius 1 is 1.65 bits per heavy atom.